The Morgan fingerprint density at radius 1 is 1.00 bits per heavy atom. The maximum Gasteiger partial charge on any atom is 0.128 e. The highest BCUT2D eigenvalue weighted by molar-refractivity contribution is 5.93. The molecule has 2 unspecified atom stereocenters. The van der Waals surface area contributed by atoms with Gasteiger partial charge in [0.15, 0.2) is 0 Å². The normalized spacial score (nSPS) is 19.1. The van der Waals surface area contributed by atoms with Gasteiger partial charge in [0, 0.05) is 18.4 Å². The van der Waals surface area contributed by atoms with Crippen LogP contribution in [0.4, 0.5) is 0 Å². The fourth-order valence-electron chi connectivity index (χ4n) is 3.85. The summed E-state index contributed by atoms with van der Waals surface area (Å²) in [6, 6.07) is 20.5. The molecule has 0 amide bonds. The van der Waals surface area contributed by atoms with Crippen LogP contribution in [-0.2, 0) is 11.3 Å². The summed E-state index contributed by atoms with van der Waals surface area (Å²) in [4.78, 5) is 0. The SMILES string of the molecule is COC1CC(CO)c2c1cc(OCc1ccccc1)c1ccccc21. The highest BCUT2D eigenvalue weighted by atomic mass is 16.5. The van der Waals surface area contributed by atoms with Crippen molar-refractivity contribution in [3.63, 3.8) is 0 Å². The first-order chi connectivity index (χ1) is 12.3. The third kappa shape index (κ3) is 2.90. The first-order valence-electron chi connectivity index (χ1n) is 8.67. The quantitative estimate of drug-likeness (QED) is 0.742. The van der Waals surface area contributed by atoms with E-state index in [2.05, 4.69) is 30.3 Å². The largest absolute Gasteiger partial charge is 0.488 e. The highest BCUT2D eigenvalue weighted by Gasteiger charge is 2.33. The second-order valence-electron chi connectivity index (χ2n) is 6.54. The van der Waals surface area contributed by atoms with Gasteiger partial charge in [-0.05, 0) is 34.6 Å². The van der Waals surface area contributed by atoms with Gasteiger partial charge in [-0.1, -0.05) is 54.6 Å². The molecule has 3 nitrogen and oxygen atoms in total. The van der Waals surface area contributed by atoms with Crippen LogP contribution in [0.1, 0.15) is 35.1 Å². The molecule has 25 heavy (non-hydrogen) atoms. The van der Waals surface area contributed by atoms with Gasteiger partial charge in [-0.2, -0.15) is 0 Å². The molecule has 3 aromatic carbocycles. The van der Waals surface area contributed by atoms with E-state index in [1.165, 1.54) is 5.56 Å². The van der Waals surface area contributed by atoms with Crippen LogP contribution in [0.2, 0.25) is 0 Å². The first-order valence-corrected chi connectivity index (χ1v) is 8.67. The van der Waals surface area contributed by atoms with Crippen molar-refractivity contribution in [1.29, 1.82) is 0 Å². The molecule has 1 N–H and O–H groups in total. The van der Waals surface area contributed by atoms with Gasteiger partial charge in [-0.3, -0.25) is 0 Å². The topological polar surface area (TPSA) is 38.7 Å². The van der Waals surface area contributed by atoms with Gasteiger partial charge in [0.05, 0.1) is 12.7 Å². The predicted octanol–water partition coefficient (Wildman–Crippen LogP) is 4.59. The van der Waals surface area contributed by atoms with Gasteiger partial charge in [0.25, 0.3) is 0 Å². The molecule has 128 valence electrons. The van der Waals surface area contributed by atoms with Gasteiger partial charge in [-0.15, -0.1) is 0 Å². The van der Waals surface area contributed by atoms with Crippen LogP contribution in [0, 0.1) is 0 Å². The third-order valence-corrected chi connectivity index (χ3v) is 5.08. The Labute approximate surface area is 147 Å². The summed E-state index contributed by atoms with van der Waals surface area (Å²) in [7, 11) is 1.73. The van der Waals surface area contributed by atoms with Crippen LogP contribution >= 0.6 is 0 Å². The molecule has 3 aromatic rings. The van der Waals surface area contributed by atoms with Crippen LogP contribution in [-0.4, -0.2) is 18.8 Å². The molecule has 0 aliphatic heterocycles. The average molecular weight is 334 g/mol. The zero-order valence-electron chi connectivity index (χ0n) is 14.3. The van der Waals surface area contributed by atoms with Crippen molar-refractivity contribution >= 4 is 10.8 Å². The number of fused-ring (bicyclic) bond motifs is 3. The number of aliphatic hydroxyl groups excluding tert-OH is 1. The monoisotopic (exact) mass is 334 g/mol. The second-order valence-corrected chi connectivity index (χ2v) is 6.54. The van der Waals surface area contributed by atoms with E-state index >= 15 is 0 Å². The van der Waals surface area contributed by atoms with Crippen LogP contribution in [0.15, 0.2) is 60.7 Å². The fraction of sp³-hybridized carbons (Fsp3) is 0.273. The molecular formula is C22H22O3. The molecule has 0 saturated carbocycles. The molecule has 1 aliphatic rings. The summed E-state index contributed by atoms with van der Waals surface area (Å²) in [5, 5.41) is 12.1. The maximum atomic E-state index is 9.82. The van der Waals surface area contributed by atoms with E-state index < -0.39 is 0 Å². The summed E-state index contributed by atoms with van der Waals surface area (Å²) in [6.45, 7) is 0.672. The van der Waals surface area contributed by atoms with Gasteiger partial charge >= 0.3 is 0 Å². The Kier molecular flexibility index (Phi) is 4.43. The number of hydrogen-bond acceptors (Lipinski definition) is 3. The minimum Gasteiger partial charge on any atom is -0.488 e. The first kappa shape index (κ1) is 16.1. The molecule has 0 spiro atoms. The minimum absolute atomic E-state index is 0.0100. The lowest BCUT2D eigenvalue weighted by molar-refractivity contribution is 0.0943. The van der Waals surface area contributed by atoms with E-state index in [9.17, 15) is 5.11 Å². The van der Waals surface area contributed by atoms with Gasteiger partial charge in [0.2, 0.25) is 0 Å². The van der Waals surface area contributed by atoms with Crippen molar-refractivity contribution in [3.05, 3.63) is 77.4 Å². The molecule has 0 aromatic heterocycles. The fourth-order valence-corrected chi connectivity index (χ4v) is 3.85. The number of hydrogen-bond donors (Lipinski definition) is 1. The third-order valence-electron chi connectivity index (χ3n) is 5.08. The smallest absolute Gasteiger partial charge is 0.128 e. The lowest BCUT2D eigenvalue weighted by Crippen LogP contribution is -2.01. The van der Waals surface area contributed by atoms with Crippen molar-refractivity contribution in [2.45, 2.75) is 25.0 Å². The van der Waals surface area contributed by atoms with Crippen LogP contribution < -0.4 is 4.74 Å². The summed E-state index contributed by atoms with van der Waals surface area (Å²) in [5.41, 5.74) is 3.49. The number of methoxy groups -OCH3 is 1. The standard InChI is InChI=1S/C22H22O3/c1-24-20-11-16(13-23)22-18-10-6-5-9-17(18)21(12-19(20)22)25-14-15-7-3-2-4-8-15/h2-10,12,16,20,23H,11,13-14H2,1H3. The lowest BCUT2D eigenvalue weighted by atomic mass is 9.94. The Hall–Kier alpha value is -2.36. The minimum atomic E-state index is 0.0100. The van der Waals surface area contributed by atoms with Crippen molar-refractivity contribution < 1.29 is 14.6 Å². The zero-order chi connectivity index (χ0) is 17.2. The van der Waals surface area contributed by atoms with Crippen molar-refractivity contribution in [3.8, 4) is 5.75 Å². The summed E-state index contributed by atoms with van der Waals surface area (Å²) in [5.74, 6) is 0.992. The van der Waals surface area contributed by atoms with Gasteiger partial charge in [0.1, 0.15) is 12.4 Å². The van der Waals surface area contributed by atoms with E-state index in [1.807, 2.05) is 30.3 Å². The number of aliphatic hydroxyl groups is 1. The molecule has 3 heteroatoms. The Morgan fingerprint density at radius 2 is 1.72 bits per heavy atom. The van der Waals surface area contributed by atoms with E-state index in [1.54, 1.807) is 7.11 Å². The van der Waals surface area contributed by atoms with E-state index in [0.29, 0.717) is 6.61 Å². The van der Waals surface area contributed by atoms with E-state index in [-0.39, 0.29) is 18.6 Å². The van der Waals surface area contributed by atoms with Crippen LogP contribution in [0.25, 0.3) is 10.8 Å². The summed E-state index contributed by atoms with van der Waals surface area (Å²) in [6.07, 6.45) is 0.824. The average Bonchev–Trinajstić information content (AvgIpc) is 3.05. The maximum absolute atomic E-state index is 9.82. The molecular weight excluding hydrogens is 312 g/mol. The summed E-state index contributed by atoms with van der Waals surface area (Å²) < 4.78 is 11.8. The molecule has 0 bridgehead atoms. The number of benzene rings is 3. The van der Waals surface area contributed by atoms with Crippen LogP contribution in [0.5, 0.6) is 5.75 Å². The molecule has 0 saturated heterocycles. The molecule has 0 heterocycles. The molecule has 4 rings (SSSR count). The number of ether oxygens (including phenoxy) is 2. The van der Waals surface area contributed by atoms with Gasteiger partial charge in [-0.25, -0.2) is 0 Å². The zero-order valence-corrected chi connectivity index (χ0v) is 14.3. The Bertz CT molecular complexity index is 873. The number of rotatable bonds is 5. The Morgan fingerprint density at radius 3 is 2.44 bits per heavy atom. The van der Waals surface area contributed by atoms with E-state index in [0.717, 1.165) is 34.1 Å². The molecule has 0 fully saturated rings. The van der Waals surface area contributed by atoms with Crippen molar-refractivity contribution in [2.24, 2.45) is 0 Å². The molecule has 0 radical (unpaired) electrons. The lowest BCUT2D eigenvalue weighted by Gasteiger charge is -2.16. The van der Waals surface area contributed by atoms with Crippen molar-refractivity contribution in [2.75, 3.05) is 13.7 Å². The second kappa shape index (κ2) is 6.87. The molecule has 2 atom stereocenters. The Balaban J connectivity index is 1.79. The highest BCUT2D eigenvalue weighted by Crippen LogP contribution is 2.48. The molecule has 1 aliphatic carbocycles. The summed E-state index contributed by atoms with van der Waals surface area (Å²) >= 11 is 0. The van der Waals surface area contributed by atoms with E-state index in [4.69, 9.17) is 9.47 Å². The van der Waals surface area contributed by atoms with Crippen molar-refractivity contribution in [1.82, 2.24) is 0 Å². The van der Waals surface area contributed by atoms with Gasteiger partial charge < -0.3 is 14.6 Å². The van der Waals surface area contributed by atoms with Crippen LogP contribution in [0.3, 0.4) is 0 Å². The predicted molar refractivity (Wildman–Crippen MR) is 98.9 cm³/mol.